The van der Waals surface area contributed by atoms with Gasteiger partial charge in [0.05, 0.1) is 13.0 Å². The molecule has 0 saturated heterocycles. The second-order valence-corrected chi connectivity index (χ2v) is 8.46. The lowest BCUT2D eigenvalue weighted by Gasteiger charge is -2.35. The Morgan fingerprint density at radius 1 is 1.09 bits per heavy atom. The maximum absolute atomic E-state index is 13.4. The molecule has 0 radical (unpaired) electrons. The Bertz CT molecular complexity index is 931. The number of benzene rings is 2. The molecule has 1 aliphatic carbocycles. The highest BCUT2D eigenvalue weighted by Crippen LogP contribution is 2.38. The minimum Gasteiger partial charge on any atom is -0.493 e. The fourth-order valence-electron chi connectivity index (χ4n) is 4.24. The molecule has 0 spiro atoms. The number of nitrogens with zero attached hydrogens (tertiary/aromatic N) is 1. The molecular weight excluding hydrogens is 483 g/mol. The average molecular weight is 516 g/mol. The zero-order chi connectivity index (χ0) is 24.6. The van der Waals surface area contributed by atoms with Crippen molar-refractivity contribution in [2.24, 2.45) is 11.7 Å². The van der Waals surface area contributed by atoms with E-state index in [-0.39, 0.29) is 38.5 Å². The van der Waals surface area contributed by atoms with Crippen LogP contribution in [0.2, 0.25) is 0 Å². The van der Waals surface area contributed by atoms with Crippen LogP contribution >= 0.6 is 12.4 Å². The van der Waals surface area contributed by atoms with E-state index in [1.165, 1.54) is 12.0 Å². The molecule has 2 aromatic carbocycles. The van der Waals surface area contributed by atoms with E-state index in [0.717, 1.165) is 11.1 Å². The minimum absolute atomic E-state index is 0. The third-order valence-corrected chi connectivity index (χ3v) is 6.02. The van der Waals surface area contributed by atoms with Gasteiger partial charge in [-0.2, -0.15) is 13.2 Å². The molecule has 3 N–H and O–H groups in total. The van der Waals surface area contributed by atoms with Gasteiger partial charge in [-0.05, 0) is 36.1 Å². The second kappa shape index (κ2) is 13.4. The van der Waals surface area contributed by atoms with E-state index in [2.05, 4.69) is 5.32 Å². The zero-order valence-electron chi connectivity index (χ0n) is 19.7. The summed E-state index contributed by atoms with van der Waals surface area (Å²) in [4.78, 5) is 14.3. The SMILES string of the molecule is COc1cc(CN(CCN)C(=O)NC2CCCCC2C(F)(F)F)ccc1OCc1ccccc1.Cl. The van der Waals surface area contributed by atoms with Crippen LogP contribution in [0, 0.1) is 5.92 Å². The van der Waals surface area contributed by atoms with Crippen molar-refractivity contribution in [2.75, 3.05) is 20.2 Å². The Hall–Kier alpha value is -2.65. The molecule has 2 amide bonds. The molecule has 2 aromatic rings. The minimum atomic E-state index is -4.33. The molecule has 35 heavy (non-hydrogen) atoms. The molecule has 194 valence electrons. The highest BCUT2D eigenvalue weighted by Gasteiger charge is 2.46. The molecule has 1 saturated carbocycles. The van der Waals surface area contributed by atoms with Crippen LogP contribution in [-0.2, 0) is 13.2 Å². The number of urea groups is 1. The lowest BCUT2D eigenvalue weighted by Crippen LogP contribution is -2.52. The van der Waals surface area contributed by atoms with E-state index in [1.807, 2.05) is 30.3 Å². The van der Waals surface area contributed by atoms with Crippen LogP contribution in [0.1, 0.15) is 36.8 Å². The summed E-state index contributed by atoms with van der Waals surface area (Å²) in [7, 11) is 1.53. The molecule has 0 bridgehead atoms. The predicted octanol–water partition coefficient (Wildman–Crippen LogP) is 5.29. The van der Waals surface area contributed by atoms with E-state index in [4.69, 9.17) is 15.2 Å². The van der Waals surface area contributed by atoms with Crippen molar-refractivity contribution in [3.63, 3.8) is 0 Å². The van der Waals surface area contributed by atoms with Gasteiger partial charge in [-0.1, -0.05) is 49.2 Å². The second-order valence-electron chi connectivity index (χ2n) is 8.46. The Morgan fingerprint density at radius 2 is 1.80 bits per heavy atom. The summed E-state index contributed by atoms with van der Waals surface area (Å²) in [5.74, 6) is -0.461. The quantitative estimate of drug-likeness (QED) is 0.476. The van der Waals surface area contributed by atoms with E-state index >= 15 is 0 Å². The lowest BCUT2D eigenvalue weighted by atomic mass is 9.84. The molecule has 0 aliphatic heterocycles. The average Bonchev–Trinajstić information content (AvgIpc) is 2.83. The number of halogens is 4. The molecule has 1 aliphatic rings. The number of hydrogen-bond acceptors (Lipinski definition) is 4. The van der Waals surface area contributed by atoms with Crippen molar-refractivity contribution in [3.05, 3.63) is 59.7 Å². The van der Waals surface area contributed by atoms with Crippen LogP contribution in [0.25, 0.3) is 0 Å². The van der Waals surface area contributed by atoms with Crippen molar-refractivity contribution in [1.82, 2.24) is 10.2 Å². The van der Waals surface area contributed by atoms with Gasteiger partial charge in [-0.25, -0.2) is 4.79 Å². The number of carbonyl (C=O) groups excluding carboxylic acids is 1. The number of nitrogens with one attached hydrogen (secondary N) is 1. The Labute approximate surface area is 210 Å². The van der Waals surface area contributed by atoms with Gasteiger partial charge < -0.3 is 25.4 Å². The van der Waals surface area contributed by atoms with Crippen LogP contribution in [0.5, 0.6) is 11.5 Å². The van der Waals surface area contributed by atoms with Crippen LogP contribution in [-0.4, -0.2) is 43.3 Å². The number of carbonyl (C=O) groups is 1. The molecule has 6 nitrogen and oxygen atoms in total. The molecule has 3 rings (SSSR count). The first-order valence-corrected chi connectivity index (χ1v) is 11.5. The van der Waals surface area contributed by atoms with Gasteiger partial charge in [0.15, 0.2) is 11.5 Å². The molecule has 2 unspecified atom stereocenters. The fourth-order valence-corrected chi connectivity index (χ4v) is 4.24. The number of nitrogens with two attached hydrogens (primary N) is 1. The number of hydrogen-bond donors (Lipinski definition) is 2. The van der Waals surface area contributed by atoms with Crippen LogP contribution in [0.3, 0.4) is 0 Å². The van der Waals surface area contributed by atoms with Crippen molar-refractivity contribution in [1.29, 1.82) is 0 Å². The third kappa shape index (κ3) is 8.21. The maximum Gasteiger partial charge on any atom is 0.393 e. The van der Waals surface area contributed by atoms with Gasteiger partial charge in [0.25, 0.3) is 0 Å². The molecule has 1 fully saturated rings. The summed E-state index contributed by atoms with van der Waals surface area (Å²) < 4.78 is 51.6. The Kier molecular flexibility index (Phi) is 11.0. The van der Waals surface area contributed by atoms with Crippen LogP contribution < -0.4 is 20.5 Å². The predicted molar refractivity (Wildman–Crippen MR) is 131 cm³/mol. The van der Waals surface area contributed by atoms with Crippen molar-refractivity contribution in [3.8, 4) is 11.5 Å². The summed E-state index contributed by atoms with van der Waals surface area (Å²) in [5.41, 5.74) is 7.45. The topological polar surface area (TPSA) is 76.8 Å². The molecule has 10 heteroatoms. The number of amides is 2. The number of methoxy groups -OCH3 is 1. The first-order chi connectivity index (χ1) is 16.3. The first kappa shape index (κ1) is 28.6. The Balaban J connectivity index is 0.00000432. The van der Waals surface area contributed by atoms with Gasteiger partial charge in [0.2, 0.25) is 0 Å². The van der Waals surface area contributed by atoms with Gasteiger partial charge in [0, 0.05) is 25.7 Å². The zero-order valence-corrected chi connectivity index (χ0v) is 20.5. The highest BCUT2D eigenvalue weighted by molar-refractivity contribution is 5.85. The van der Waals surface area contributed by atoms with Gasteiger partial charge in [0.1, 0.15) is 6.61 Å². The van der Waals surface area contributed by atoms with Gasteiger partial charge in [-0.15, -0.1) is 12.4 Å². The number of alkyl halides is 3. The normalized spacial score (nSPS) is 17.7. The molecule has 0 aromatic heterocycles. The Morgan fingerprint density at radius 3 is 2.46 bits per heavy atom. The van der Waals surface area contributed by atoms with Gasteiger partial charge in [-0.3, -0.25) is 0 Å². The van der Waals surface area contributed by atoms with Crippen molar-refractivity contribution in [2.45, 2.75) is 51.1 Å². The summed E-state index contributed by atoms with van der Waals surface area (Å²) in [5, 5.41) is 2.61. The lowest BCUT2D eigenvalue weighted by molar-refractivity contribution is -0.188. The summed E-state index contributed by atoms with van der Waals surface area (Å²) in [6.45, 7) is 0.960. The standard InChI is InChI=1S/C25H32F3N3O3.ClH/c1-33-23-15-19(11-12-22(23)34-17-18-7-3-2-4-8-18)16-31(14-13-29)24(32)30-21-10-6-5-9-20(21)25(26,27)28;/h2-4,7-8,11-12,15,20-21H,5-6,9-10,13-14,16-17,29H2,1H3,(H,30,32);1H. The van der Waals surface area contributed by atoms with E-state index < -0.39 is 24.2 Å². The summed E-state index contributed by atoms with van der Waals surface area (Å²) in [6, 6.07) is 13.6. The molecular formula is C25H33ClF3N3O3. The first-order valence-electron chi connectivity index (χ1n) is 11.5. The third-order valence-electron chi connectivity index (χ3n) is 6.02. The van der Waals surface area contributed by atoms with Gasteiger partial charge >= 0.3 is 12.2 Å². The van der Waals surface area contributed by atoms with E-state index in [0.29, 0.717) is 37.4 Å². The number of rotatable bonds is 9. The van der Waals surface area contributed by atoms with Crippen LogP contribution in [0.15, 0.2) is 48.5 Å². The van der Waals surface area contributed by atoms with Crippen molar-refractivity contribution >= 4 is 18.4 Å². The smallest absolute Gasteiger partial charge is 0.393 e. The fraction of sp³-hybridized carbons (Fsp3) is 0.480. The molecule has 0 heterocycles. The maximum atomic E-state index is 13.4. The molecule has 2 atom stereocenters. The largest absolute Gasteiger partial charge is 0.493 e. The highest BCUT2D eigenvalue weighted by atomic mass is 35.5. The summed E-state index contributed by atoms with van der Waals surface area (Å²) >= 11 is 0. The van der Waals surface area contributed by atoms with E-state index in [9.17, 15) is 18.0 Å². The van der Waals surface area contributed by atoms with Crippen LogP contribution in [0.4, 0.5) is 18.0 Å². The monoisotopic (exact) mass is 515 g/mol. The van der Waals surface area contributed by atoms with E-state index in [1.54, 1.807) is 18.2 Å². The van der Waals surface area contributed by atoms with Crippen molar-refractivity contribution < 1.29 is 27.4 Å². The summed E-state index contributed by atoms with van der Waals surface area (Å²) in [6.07, 6.45) is -2.81. The number of ether oxygens (including phenoxy) is 2.